The molecule has 0 radical (unpaired) electrons. The van der Waals surface area contributed by atoms with Crippen molar-refractivity contribution in [1.29, 1.82) is 0 Å². The van der Waals surface area contributed by atoms with Gasteiger partial charge in [0.05, 0.1) is 0 Å². The average molecular weight is 237 g/mol. The number of rotatable bonds is 2. The summed E-state index contributed by atoms with van der Waals surface area (Å²) in [6.45, 7) is 2.02. The third-order valence-corrected chi connectivity index (χ3v) is 3.43. The zero-order valence-electron chi connectivity index (χ0n) is 9.56. The highest BCUT2D eigenvalue weighted by molar-refractivity contribution is 6.25. The van der Waals surface area contributed by atoms with Crippen molar-refractivity contribution in [1.82, 2.24) is 9.97 Å². The number of nitrogens with zero attached hydrogens (tertiary/aromatic N) is 2. The number of allylic oxidation sites excluding steroid dienone is 1. The molecule has 0 N–H and O–H groups in total. The van der Waals surface area contributed by atoms with Crippen molar-refractivity contribution in [2.24, 2.45) is 5.92 Å². The molecular weight excluding hydrogens is 220 g/mol. The summed E-state index contributed by atoms with van der Waals surface area (Å²) >= 11 is 5.60. The summed E-state index contributed by atoms with van der Waals surface area (Å²) in [6, 6.07) is 0. The quantitative estimate of drug-likeness (QED) is 0.780. The summed E-state index contributed by atoms with van der Waals surface area (Å²) in [6.07, 6.45) is 10.7. The lowest BCUT2D eigenvalue weighted by molar-refractivity contribution is 0.366. The zero-order chi connectivity index (χ0) is 11.4. The van der Waals surface area contributed by atoms with Gasteiger partial charge < -0.3 is 0 Å². The minimum absolute atomic E-state index is 0.542. The SMILES string of the molecule is Cc1cnc(C2CCC(/C=C/Cl)CC2)nc1. The predicted octanol–water partition coefficient (Wildman–Crippen LogP) is 3.81. The molecule has 0 unspecified atom stereocenters. The first-order valence-corrected chi connectivity index (χ1v) is 6.28. The van der Waals surface area contributed by atoms with E-state index in [9.17, 15) is 0 Å². The van der Waals surface area contributed by atoms with Gasteiger partial charge in [-0.15, -0.1) is 0 Å². The highest BCUT2D eigenvalue weighted by Gasteiger charge is 2.22. The van der Waals surface area contributed by atoms with Crippen LogP contribution in [0.2, 0.25) is 0 Å². The summed E-state index contributed by atoms with van der Waals surface area (Å²) in [7, 11) is 0. The molecule has 0 bridgehead atoms. The number of hydrogen-bond donors (Lipinski definition) is 0. The maximum atomic E-state index is 5.60. The topological polar surface area (TPSA) is 25.8 Å². The van der Waals surface area contributed by atoms with Crippen LogP contribution in [0.5, 0.6) is 0 Å². The number of halogens is 1. The summed E-state index contributed by atoms with van der Waals surface area (Å²) in [5.41, 5.74) is 2.77. The first-order chi connectivity index (χ1) is 7.79. The van der Waals surface area contributed by atoms with E-state index in [0.29, 0.717) is 11.8 Å². The molecule has 0 amide bonds. The van der Waals surface area contributed by atoms with E-state index in [1.807, 2.05) is 19.3 Å². The summed E-state index contributed by atoms with van der Waals surface area (Å²) < 4.78 is 0. The van der Waals surface area contributed by atoms with E-state index in [2.05, 4.69) is 16.0 Å². The van der Waals surface area contributed by atoms with Crippen LogP contribution >= 0.6 is 11.6 Å². The molecule has 0 aromatic carbocycles. The Hall–Kier alpha value is -0.890. The van der Waals surface area contributed by atoms with E-state index in [4.69, 9.17) is 11.6 Å². The third kappa shape index (κ3) is 2.82. The minimum atomic E-state index is 0.542. The fourth-order valence-corrected chi connectivity index (χ4v) is 2.49. The fraction of sp³-hybridized carbons (Fsp3) is 0.538. The van der Waals surface area contributed by atoms with Gasteiger partial charge in [-0.3, -0.25) is 0 Å². The number of aromatic nitrogens is 2. The van der Waals surface area contributed by atoms with Gasteiger partial charge in [0.2, 0.25) is 0 Å². The van der Waals surface area contributed by atoms with E-state index in [-0.39, 0.29) is 0 Å². The lowest BCUT2D eigenvalue weighted by Gasteiger charge is -2.25. The molecule has 1 heterocycles. The van der Waals surface area contributed by atoms with Crippen molar-refractivity contribution in [3.05, 3.63) is 35.4 Å². The van der Waals surface area contributed by atoms with Gasteiger partial charge in [0, 0.05) is 23.8 Å². The molecule has 1 aliphatic rings. The molecule has 2 nitrogen and oxygen atoms in total. The van der Waals surface area contributed by atoms with Crippen molar-refractivity contribution in [2.75, 3.05) is 0 Å². The largest absolute Gasteiger partial charge is 0.241 e. The summed E-state index contributed by atoms with van der Waals surface area (Å²) in [5.74, 6) is 2.21. The van der Waals surface area contributed by atoms with Crippen LogP contribution in [0.3, 0.4) is 0 Å². The maximum absolute atomic E-state index is 5.60. The molecule has 16 heavy (non-hydrogen) atoms. The maximum Gasteiger partial charge on any atom is 0.131 e. The third-order valence-electron chi connectivity index (χ3n) is 3.28. The van der Waals surface area contributed by atoms with Crippen LogP contribution < -0.4 is 0 Å². The second kappa shape index (κ2) is 5.44. The lowest BCUT2D eigenvalue weighted by Crippen LogP contribution is -2.13. The molecule has 1 aliphatic carbocycles. The molecular formula is C13H17ClN2. The number of hydrogen-bond acceptors (Lipinski definition) is 2. The van der Waals surface area contributed by atoms with E-state index >= 15 is 0 Å². The zero-order valence-corrected chi connectivity index (χ0v) is 10.3. The van der Waals surface area contributed by atoms with Crippen molar-refractivity contribution in [3.8, 4) is 0 Å². The van der Waals surface area contributed by atoms with Crippen molar-refractivity contribution in [3.63, 3.8) is 0 Å². The van der Waals surface area contributed by atoms with Gasteiger partial charge in [0.25, 0.3) is 0 Å². The Balaban J connectivity index is 1.96. The molecule has 2 rings (SSSR count). The van der Waals surface area contributed by atoms with Gasteiger partial charge >= 0.3 is 0 Å². The van der Waals surface area contributed by atoms with Gasteiger partial charge in [0.1, 0.15) is 5.82 Å². The lowest BCUT2D eigenvalue weighted by atomic mass is 9.82. The first-order valence-electron chi connectivity index (χ1n) is 5.85. The molecule has 1 aromatic heterocycles. The molecule has 0 spiro atoms. The summed E-state index contributed by atoms with van der Waals surface area (Å²) in [4.78, 5) is 8.84. The van der Waals surface area contributed by atoms with E-state index in [1.165, 1.54) is 25.7 Å². The van der Waals surface area contributed by atoms with Crippen molar-refractivity contribution >= 4 is 11.6 Å². The van der Waals surface area contributed by atoms with E-state index in [0.717, 1.165) is 11.4 Å². The Morgan fingerprint density at radius 1 is 1.19 bits per heavy atom. The van der Waals surface area contributed by atoms with Crippen LogP contribution in [0.1, 0.15) is 43.0 Å². The average Bonchev–Trinajstić information content (AvgIpc) is 2.32. The first kappa shape index (κ1) is 11.6. The molecule has 3 heteroatoms. The predicted molar refractivity (Wildman–Crippen MR) is 66.5 cm³/mol. The molecule has 1 saturated carbocycles. The highest BCUT2D eigenvalue weighted by atomic mass is 35.5. The van der Waals surface area contributed by atoms with Gasteiger partial charge in [0.15, 0.2) is 0 Å². The second-order valence-electron chi connectivity index (χ2n) is 4.55. The standard InChI is InChI=1S/C13H17ClN2/c1-10-8-15-13(16-9-10)12-4-2-11(3-5-12)6-7-14/h6-9,11-12H,2-5H2,1H3/b7-6+. The second-order valence-corrected chi connectivity index (χ2v) is 4.80. The van der Waals surface area contributed by atoms with Gasteiger partial charge in [-0.25, -0.2) is 9.97 Å². The minimum Gasteiger partial charge on any atom is -0.241 e. The number of aryl methyl sites for hydroxylation is 1. The Morgan fingerprint density at radius 3 is 2.38 bits per heavy atom. The smallest absolute Gasteiger partial charge is 0.131 e. The monoisotopic (exact) mass is 236 g/mol. The molecule has 1 fully saturated rings. The van der Waals surface area contributed by atoms with E-state index < -0.39 is 0 Å². The van der Waals surface area contributed by atoms with Crippen LogP contribution in [0, 0.1) is 12.8 Å². The van der Waals surface area contributed by atoms with Crippen LogP contribution in [-0.4, -0.2) is 9.97 Å². The van der Waals surface area contributed by atoms with Crippen molar-refractivity contribution < 1.29 is 0 Å². The molecule has 0 aliphatic heterocycles. The van der Waals surface area contributed by atoms with Gasteiger partial charge in [-0.05, 0) is 44.1 Å². The molecule has 1 aromatic rings. The Labute approximate surface area is 102 Å². The summed E-state index contributed by atoms with van der Waals surface area (Å²) in [5, 5.41) is 0. The van der Waals surface area contributed by atoms with Crippen LogP contribution in [-0.2, 0) is 0 Å². The van der Waals surface area contributed by atoms with Crippen LogP contribution in [0.15, 0.2) is 24.0 Å². The molecule has 86 valence electrons. The Kier molecular flexibility index (Phi) is 3.94. The Morgan fingerprint density at radius 2 is 1.81 bits per heavy atom. The van der Waals surface area contributed by atoms with Gasteiger partial charge in [-0.1, -0.05) is 17.7 Å². The van der Waals surface area contributed by atoms with Crippen molar-refractivity contribution in [2.45, 2.75) is 38.5 Å². The fourth-order valence-electron chi connectivity index (χ4n) is 2.29. The highest BCUT2D eigenvalue weighted by Crippen LogP contribution is 2.34. The normalized spacial score (nSPS) is 26.1. The Bertz CT molecular complexity index is 351. The van der Waals surface area contributed by atoms with Crippen LogP contribution in [0.25, 0.3) is 0 Å². The molecule has 0 saturated heterocycles. The van der Waals surface area contributed by atoms with E-state index in [1.54, 1.807) is 5.54 Å². The van der Waals surface area contributed by atoms with Crippen LogP contribution in [0.4, 0.5) is 0 Å². The molecule has 0 atom stereocenters. The van der Waals surface area contributed by atoms with Gasteiger partial charge in [-0.2, -0.15) is 0 Å².